The summed E-state index contributed by atoms with van der Waals surface area (Å²) < 4.78 is 19.3. The minimum Gasteiger partial charge on any atom is -0.490 e. The van der Waals surface area contributed by atoms with Crippen molar-refractivity contribution in [2.24, 2.45) is 4.99 Å². The number of esters is 1. The average molecular weight is 638 g/mol. The predicted octanol–water partition coefficient (Wildman–Crippen LogP) is 6.39. The lowest BCUT2D eigenvalue weighted by Crippen LogP contribution is -2.39. The van der Waals surface area contributed by atoms with Crippen molar-refractivity contribution in [1.29, 1.82) is 0 Å². The predicted molar refractivity (Wildman–Crippen MR) is 170 cm³/mol. The third-order valence-corrected chi connectivity index (χ3v) is 8.44. The van der Waals surface area contributed by atoms with Gasteiger partial charge in [-0.3, -0.25) is 9.36 Å². The van der Waals surface area contributed by atoms with Gasteiger partial charge in [0.15, 0.2) is 16.3 Å². The van der Waals surface area contributed by atoms with Crippen molar-refractivity contribution in [3.8, 4) is 11.5 Å². The van der Waals surface area contributed by atoms with E-state index in [0.717, 1.165) is 22.3 Å². The quantitative estimate of drug-likeness (QED) is 0.199. The summed E-state index contributed by atoms with van der Waals surface area (Å²) in [5.74, 6) is 0.591. The highest BCUT2D eigenvalue weighted by Gasteiger charge is 2.33. The van der Waals surface area contributed by atoms with E-state index in [1.807, 2.05) is 56.3 Å². The molecule has 1 atom stereocenters. The molecular formula is C33H30Cl2N2O5S. The van der Waals surface area contributed by atoms with Gasteiger partial charge in [-0.05, 0) is 69.2 Å². The normalized spacial score (nSPS) is 14.7. The first kappa shape index (κ1) is 30.6. The molecule has 1 aromatic heterocycles. The number of carbonyl (C=O) groups excluding carboxylic acids is 1. The van der Waals surface area contributed by atoms with Gasteiger partial charge in [-0.25, -0.2) is 9.79 Å². The number of aromatic nitrogens is 1. The van der Waals surface area contributed by atoms with E-state index in [0.29, 0.717) is 48.8 Å². The van der Waals surface area contributed by atoms with Gasteiger partial charge >= 0.3 is 5.97 Å². The molecule has 0 aliphatic carbocycles. The highest BCUT2D eigenvalue weighted by atomic mass is 35.5. The molecule has 0 radical (unpaired) electrons. The van der Waals surface area contributed by atoms with Gasteiger partial charge < -0.3 is 14.2 Å². The maximum atomic E-state index is 13.9. The van der Waals surface area contributed by atoms with Crippen molar-refractivity contribution >= 4 is 46.6 Å². The Kier molecular flexibility index (Phi) is 9.40. The van der Waals surface area contributed by atoms with Crippen molar-refractivity contribution in [2.75, 3.05) is 13.2 Å². The number of carbonyl (C=O) groups is 1. The average Bonchev–Trinajstić information content (AvgIpc) is 3.27. The van der Waals surface area contributed by atoms with Crippen LogP contribution in [0, 0.1) is 6.92 Å². The van der Waals surface area contributed by atoms with E-state index in [4.69, 9.17) is 37.4 Å². The molecule has 222 valence electrons. The number of aryl methyl sites for hydroxylation is 1. The van der Waals surface area contributed by atoms with E-state index in [2.05, 4.69) is 4.99 Å². The number of allylic oxidation sites excluding steroid dienone is 1. The summed E-state index contributed by atoms with van der Waals surface area (Å²) in [7, 11) is 0. The standard InChI is InChI=1S/C33H30Cl2N2O5S/c1-5-40-27-15-21(9-14-26(27)42-18-23-12-13-24(34)17-25(23)35)16-28-31(38)37-30(22-10-7-19(3)8-11-22)29(32(39)41-6-2)20(4)36-33(37)43-28/h7-17,30H,5-6,18H2,1-4H3/b28-16-/t30-/m0/s1. The van der Waals surface area contributed by atoms with Crippen molar-refractivity contribution in [1.82, 2.24) is 4.57 Å². The van der Waals surface area contributed by atoms with E-state index in [1.54, 1.807) is 42.7 Å². The summed E-state index contributed by atoms with van der Waals surface area (Å²) in [5, 5.41) is 1.07. The zero-order valence-electron chi connectivity index (χ0n) is 24.1. The molecule has 1 aliphatic rings. The summed E-state index contributed by atoms with van der Waals surface area (Å²) in [6.07, 6.45) is 1.79. The molecule has 5 rings (SSSR count). The first-order valence-electron chi connectivity index (χ1n) is 13.8. The maximum Gasteiger partial charge on any atom is 0.338 e. The molecule has 7 nitrogen and oxygen atoms in total. The molecule has 2 heterocycles. The van der Waals surface area contributed by atoms with Gasteiger partial charge in [-0.2, -0.15) is 0 Å². The molecule has 0 bridgehead atoms. The minimum absolute atomic E-state index is 0.218. The summed E-state index contributed by atoms with van der Waals surface area (Å²) in [6, 6.07) is 17.9. The minimum atomic E-state index is -0.660. The Morgan fingerprint density at radius 3 is 2.44 bits per heavy atom. The van der Waals surface area contributed by atoms with Gasteiger partial charge in [0.05, 0.1) is 35.1 Å². The Labute approximate surface area is 263 Å². The monoisotopic (exact) mass is 636 g/mol. The molecule has 0 spiro atoms. The van der Waals surface area contributed by atoms with Crippen molar-refractivity contribution in [2.45, 2.75) is 40.3 Å². The fourth-order valence-corrected chi connectivity index (χ4v) is 6.31. The van der Waals surface area contributed by atoms with Gasteiger partial charge in [0, 0.05) is 15.6 Å². The molecule has 10 heteroatoms. The Balaban J connectivity index is 1.54. The van der Waals surface area contributed by atoms with E-state index < -0.39 is 12.0 Å². The van der Waals surface area contributed by atoms with Crippen LogP contribution < -0.4 is 24.4 Å². The van der Waals surface area contributed by atoms with Gasteiger partial charge in [-0.15, -0.1) is 0 Å². The van der Waals surface area contributed by atoms with E-state index in [1.165, 1.54) is 11.3 Å². The largest absolute Gasteiger partial charge is 0.490 e. The van der Waals surface area contributed by atoms with Crippen LogP contribution in [0.2, 0.25) is 10.0 Å². The summed E-state index contributed by atoms with van der Waals surface area (Å²) in [5.41, 5.74) is 4.04. The summed E-state index contributed by atoms with van der Waals surface area (Å²) in [6.45, 7) is 8.28. The lowest BCUT2D eigenvalue weighted by atomic mass is 9.95. The van der Waals surface area contributed by atoms with E-state index >= 15 is 0 Å². The first-order valence-corrected chi connectivity index (χ1v) is 15.4. The second-order valence-corrected chi connectivity index (χ2v) is 11.7. The van der Waals surface area contributed by atoms with Gasteiger partial charge in [0.2, 0.25) is 0 Å². The number of fused-ring (bicyclic) bond motifs is 1. The van der Waals surface area contributed by atoms with Crippen LogP contribution in [-0.2, 0) is 16.1 Å². The summed E-state index contributed by atoms with van der Waals surface area (Å²) in [4.78, 5) is 32.2. The Morgan fingerprint density at radius 2 is 1.74 bits per heavy atom. The van der Waals surface area contributed by atoms with Gasteiger partial charge in [0.1, 0.15) is 6.61 Å². The molecule has 0 fully saturated rings. The molecule has 3 aromatic carbocycles. The maximum absolute atomic E-state index is 13.9. The Morgan fingerprint density at radius 1 is 0.977 bits per heavy atom. The lowest BCUT2D eigenvalue weighted by molar-refractivity contribution is -0.139. The third-order valence-electron chi connectivity index (χ3n) is 6.87. The second kappa shape index (κ2) is 13.2. The van der Waals surface area contributed by atoms with Crippen molar-refractivity contribution in [3.63, 3.8) is 0 Å². The lowest BCUT2D eigenvalue weighted by Gasteiger charge is -2.24. The topological polar surface area (TPSA) is 79.1 Å². The van der Waals surface area contributed by atoms with Crippen LogP contribution in [0.4, 0.5) is 0 Å². The van der Waals surface area contributed by atoms with E-state index in [9.17, 15) is 9.59 Å². The fourth-order valence-electron chi connectivity index (χ4n) is 4.80. The number of hydrogen-bond donors (Lipinski definition) is 0. The zero-order valence-corrected chi connectivity index (χ0v) is 26.5. The SMILES string of the molecule is CCOC(=O)C1=C(C)N=c2s/c(=C\c3ccc(OCc4ccc(Cl)cc4Cl)c(OCC)c3)c(=O)n2[C@H]1c1ccc(C)cc1. The Hall–Kier alpha value is -3.85. The zero-order chi connectivity index (χ0) is 30.7. The molecule has 0 unspecified atom stereocenters. The molecular weight excluding hydrogens is 607 g/mol. The highest BCUT2D eigenvalue weighted by Crippen LogP contribution is 2.32. The second-order valence-electron chi connectivity index (χ2n) is 9.88. The van der Waals surface area contributed by atoms with Crippen molar-refractivity contribution < 1.29 is 19.0 Å². The van der Waals surface area contributed by atoms with Crippen LogP contribution in [0.15, 0.2) is 81.7 Å². The fraction of sp³-hybridized carbons (Fsp3) is 0.242. The summed E-state index contributed by atoms with van der Waals surface area (Å²) >= 11 is 13.6. The number of rotatable bonds is 9. The number of halogens is 2. The molecule has 0 saturated carbocycles. The van der Waals surface area contributed by atoms with Crippen molar-refractivity contribution in [3.05, 3.63) is 124 Å². The molecule has 0 amide bonds. The number of thiazole rings is 1. The molecule has 1 aliphatic heterocycles. The highest BCUT2D eigenvalue weighted by molar-refractivity contribution is 7.07. The molecule has 0 N–H and O–H groups in total. The first-order chi connectivity index (χ1) is 20.7. The number of benzene rings is 3. The van der Waals surface area contributed by atoms with Crippen LogP contribution in [0.3, 0.4) is 0 Å². The third kappa shape index (κ3) is 6.56. The van der Waals surface area contributed by atoms with Crippen LogP contribution >= 0.6 is 34.5 Å². The smallest absolute Gasteiger partial charge is 0.338 e. The number of nitrogens with zero attached hydrogens (tertiary/aromatic N) is 2. The van der Waals surface area contributed by atoms with Crippen LogP contribution in [-0.4, -0.2) is 23.8 Å². The van der Waals surface area contributed by atoms with E-state index in [-0.39, 0.29) is 18.8 Å². The molecule has 43 heavy (non-hydrogen) atoms. The molecule has 4 aromatic rings. The number of ether oxygens (including phenoxy) is 3. The molecule has 0 saturated heterocycles. The van der Waals surface area contributed by atoms with Crippen LogP contribution in [0.5, 0.6) is 11.5 Å². The van der Waals surface area contributed by atoms with Gasteiger partial charge in [0.25, 0.3) is 5.56 Å². The Bertz CT molecular complexity index is 1890. The van der Waals surface area contributed by atoms with Gasteiger partial charge in [-0.1, -0.05) is 76.5 Å². The van der Waals surface area contributed by atoms with Crippen LogP contribution in [0.1, 0.15) is 49.1 Å². The number of hydrogen-bond acceptors (Lipinski definition) is 7. The van der Waals surface area contributed by atoms with Crippen LogP contribution in [0.25, 0.3) is 6.08 Å².